The third-order valence-corrected chi connectivity index (χ3v) is 1.75. The highest BCUT2D eigenvalue weighted by molar-refractivity contribution is 4.75. The zero-order chi connectivity index (χ0) is 6.91. The van der Waals surface area contributed by atoms with Crippen molar-refractivity contribution in [3.63, 3.8) is 0 Å². The van der Waals surface area contributed by atoms with Gasteiger partial charge in [0.05, 0.1) is 0 Å². The van der Waals surface area contributed by atoms with Gasteiger partial charge in [-0.2, -0.15) is 8.78 Å². The number of rotatable bonds is 1. The Hall–Kier alpha value is -0.180. The maximum atomic E-state index is 12.5. The molecule has 0 aliphatic carbocycles. The molecule has 0 N–H and O–H groups in total. The molecule has 0 spiro atoms. The van der Waals surface area contributed by atoms with E-state index in [0.717, 1.165) is 0 Å². The first-order valence-electron chi connectivity index (χ1n) is 3.29. The van der Waals surface area contributed by atoms with Crippen LogP contribution >= 0.6 is 0 Å². The molecule has 0 aromatic rings. The van der Waals surface area contributed by atoms with Gasteiger partial charge in [-0.15, -0.1) is 0 Å². The lowest BCUT2D eigenvalue weighted by Crippen LogP contribution is -2.35. The van der Waals surface area contributed by atoms with Crippen LogP contribution in [0.5, 0.6) is 0 Å². The van der Waals surface area contributed by atoms with Crippen LogP contribution in [-0.2, 0) is 0 Å². The molecule has 0 aromatic carbocycles. The number of likely N-dealkylation sites (tertiary alicyclic amines) is 1. The zero-order valence-electron chi connectivity index (χ0n) is 5.53. The van der Waals surface area contributed by atoms with Crippen LogP contribution in [-0.4, -0.2) is 24.0 Å². The van der Waals surface area contributed by atoms with Crippen molar-refractivity contribution in [2.45, 2.75) is 25.8 Å². The van der Waals surface area contributed by atoms with Gasteiger partial charge in [0.15, 0.2) is 0 Å². The van der Waals surface area contributed by atoms with Gasteiger partial charge in [0.2, 0.25) is 0 Å². The van der Waals surface area contributed by atoms with Crippen LogP contribution in [0.4, 0.5) is 8.78 Å². The molecule has 9 heavy (non-hydrogen) atoms. The normalized spacial score (nSPS) is 27.0. The van der Waals surface area contributed by atoms with E-state index in [9.17, 15) is 8.78 Å². The Kier molecular flexibility index (Phi) is 1.70. The summed E-state index contributed by atoms with van der Waals surface area (Å²) < 4.78 is 25.1. The summed E-state index contributed by atoms with van der Waals surface area (Å²) in [6, 6.07) is -2.51. The summed E-state index contributed by atoms with van der Waals surface area (Å²) in [5, 5.41) is 0. The third-order valence-electron chi connectivity index (χ3n) is 1.75. The highest BCUT2D eigenvalue weighted by Crippen LogP contribution is 2.31. The molecule has 54 valence electrons. The number of halogens is 2. The first kappa shape index (κ1) is 6.93. The number of alkyl halides is 2. The molecule has 0 unspecified atom stereocenters. The molecule has 0 atom stereocenters. The van der Waals surface area contributed by atoms with E-state index in [-0.39, 0.29) is 6.42 Å². The summed E-state index contributed by atoms with van der Waals surface area (Å²) in [5.74, 6) is 0. The topological polar surface area (TPSA) is 3.24 Å². The van der Waals surface area contributed by atoms with Crippen LogP contribution in [0, 0.1) is 0 Å². The Balaban J connectivity index is 2.52. The van der Waals surface area contributed by atoms with E-state index in [1.807, 2.05) is 0 Å². The predicted molar refractivity (Wildman–Crippen MR) is 31.4 cm³/mol. The first-order valence-corrected chi connectivity index (χ1v) is 3.29. The lowest BCUT2D eigenvalue weighted by atomic mass is 10.4. The SMILES string of the molecule is CCN1CCCC1(F)F. The van der Waals surface area contributed by atoms with Gasteiger partial charge in [-0.3, -0.25) is 0 Å². The van der Waals surface area contributed by atoms with Gasteiger partial charge in [-0.1, -0.05) is 6.92 Å². The van der Waals surface area contributed by atoms with Gasteiger partial charge < -0.3 is 0 Å². The van der Waals surface area contributed by atoms with Gasteiger partial charge >= 0.3 is 6.05 Å². The molecular formula is C6H11F2N. The van der Waals surface area contributed by atoms with Crippen molar-refractivity contribution >= 4 is 0 Å². The molecule has 1 aliphatic heterocycles. The molecule has 0 saturated carbocycles. The van der Waals surface area contributed by atoms with Crippen molar-refractivity contribution in [3.05, 3.63) is 0 Å². The largest absolute Gasteiger partial charge is 0.304 e. The van der Waals surface area contributed by atoms with Crippen molar-refractivity contribution in [1.29, 1.82) is 0 Å². The van der Waals surface area contributed by atoms with Crippen molar-refractivity contribution in [1.82, 2.24) is 4.90 Å². The summed E-state index contributed by atoms with van der Waals surface area (Å²) in [6.07, 6.45) is 0.682. The quantitative estimate of drug-likeness (QED) is 0.494. The molecule has 1 nitrogen and oxygen atoms in total. The van der Waals surface area contributed by atoms with Crippen LogP contribution in [0.1, 0.15) is 19.8 Å². The number of nitrogens with zero attached hydrogens (tertiary/aromatic N) is 1. The minimum Gasteiger partial charge on any atom is -0.245 e. The molecule has 1 aliphatic rings. The second kappa shape index (κ2) is 2.21. The van der Waals surface area contributed by atoms with Crippen LogP contribution < -0.4 is 0 Å². The van der Waals surface area contributed by atoms with Gasteiger partial charge in [0.25, 0.3) is 0 Å². The maximum Gasteiger partial charge on any atom is 0.304 e. The molecule has 1 rings (SSSR count). The van der Waals surface area contributed by atoms with Gasteiger partial charge in [0, 0.05) is 19.5 Å². The smallest absolute Gasteiger partial charge is 0.245 e. The Morgan fingerprint density at radius 1 is 1.56 bits per heavy atom. The van der Waals surface area contributed by atoms with Gasteiger partial charge in [-0.25, -0.2) is 4.90 Å². The Morgan fingerprint density at radius 3 is 2.44 bits per heavy atom. The minimum atomic E-state index is -2.51. The van der Waals surface area contributed by atoms with E-state index >= 15 is 0 Å². The summed E-state index contributed by atoms with van der Waals surface area (Å²) in [6.45, 7) is 2.79. The molecule has 1 fully saturated rings. The van der Waals surface area contributed by atoms with E-state index in [1.165, 1.54) is 4.90 Å². The fourth-order valence-corrected chi connectivity index (χ4v) is 1.19. The summed E-state index contributed by atoms with van der Waals surface area (Å²) >= 11 is 0. The van der Waals surface area contributed by atoms with Crippen LogP contribution in [0.15, 0.2) is 0 Å². The molecule has 1 heterocycles. The Labute approximate surface area is 53.6 Å². The van der Waals surface area contributed by atoms with E-state index in [1.54, 1.807) is 6.92 Å². The lowest BCUT2D eigenvalue weighted by molar-refractivity contribution is -0.116. The molecule has 1 saturated heterocycles. The monoisotopic (exact) mass is 135 g/mol. The summed E-state index contributed by atoms with van der Waals surface area (Å²) in [5.41, 5.74) is 0. The first-order chi connectivity index (χ1) is 4.17. The van der Waals surface area contributed by atoms with E-state index < -0.39 is 6.05 Å². The Bertz CT molecular complexity index is 103. The van der Waals surface area contributed by atoms with E-state index in [4.69, 9.17) is 0 Å². The fraction of sp³-hybridized carbons (Fsp3) is 1.00. The standard InChI is InChI=1S/C6H11F2N/c1-2-9-5-3-4-6(9,7)8/h2-5H2,1H3. The van der Waals surface area contributed by atoms with Crippen molar-refractivity contribution in [2.24, 2.45) is 0 Å². The lowest BCUT2D eigenvalue weighted by Gasteiger charge is -2.20. The second-order valence-corrected chi connectivity index (χ2v) is 2.35. The number of hydrogen-bond donors (Lipinski definition) is 0. The highest BCUT2D eigenvalue weighted by Gasteiger charge is 2.39. The van der Waals surface area contributed by atoms with Crippen LogP contribution in [0.3, 0.4) is 0 Å². The van der Waals surface area contributed by atoms with Crippen LogP contribution in [0.25, 0.3) is 0 Å². The minimum absolute atomic E-state index is 0.0425. The van der Waals surface area contributed by atoms with Gasteiger partial charge in [0.1, 0.15) is 0 Å². The average molecular weight is 135 g/mol. The second-order valence-electron chi connectivity index (χ2n) is 2.35. The summed E-state index contributed by atoms with van der Waals surface area (Å²) in [7, 11) is 0. The van der Waals surface area contributed by atoms with Gasteiger partial charge in [-0.05, 0) is 6.42 Å². The van der Waals surface area contributed by atoms with Crippen molar-refractivity contribution in [3.8, 4) is 0 Å². The van der Waals surface area contributed by atoms with E-state index in [0.29, 0.717) is 19.5 Å². The number of hydrogen-bond acceptors (Lipinski definition) is 1. The molecule has 0 amide bonds. The predicted octanol–water partition coefficient (Wildman–Crippen LogP) is 1.69. The molecular weight excluding hydrogens is 124 g/mol. The highest BCUT2D eigenvalue weighted by atomic mass is 19.3. The average Bonchev–Trinajstić information content (AvgIpc) is 2.08. The Morgan fingerprint density at radius 2 is 2.22 bits per heavy atom. The third kappa shape index (κ3) is 1.21. The fourth-order valence-electron chi connectivity index (χ4n) is 1.19. The molecule has 0 bridgehead atoms. The molecule has 0 radical (unpaired) electrons. The molecule has 0 aromatic heterocycles. The maximum absolute atomic E-state index is 12.5. The summed E-state index contributed by atoms with van der Waals surface area (Å²) in [4.78, 5) is 1.22. The van der Waals surface area contributed by atoms with Crippen molar-refractivity contribution in [2.75, 3.05) is 13.1 Å². The van der Waals surface area contributed by atoms with Crippen LogP contribution in [0.2, 0.25) is 0 Å². The molecule has 3 heteroatoms. The van der Waals surface area contributed by atoms with E-state index in [2.05, 4.69) is 0 Å². The zero-order valence-corrected chi connectivity index (χ0v) is 5.53. The van der Waals surface area contributed by atoms with Crippen molar-refractivity contribution < 1.29 is 8.78 Å².